The summed E-state index contributed by atoms with van der Waals surface area (Å²) in [5.74, 6) is 1.25. The number of aliphatic hydroxyl groups excluding tert-OH is 1. The third kappa shape index (κ3) is 3.52. The molecule has 0 heterocycles. The Labute approximate surface area is 141 Å². The fraction of sp³-hybridized carbons (Fsp3) is 0.333. The van der Waals surface area contributed by atoms with Crippen LogP contribution in [-0.4, -0.2) is 37.0 Å². The van der Waals surface area contributed by atoms with E-state index in [9.17, 15) is 10.2 Å². The third-order valence-corrected chi connectivity index (χ3v) is 4.23. The van der Waals surface area contributed by atoms with Crippen LogP contribution in [-0.2, 0) is 5.60 Å². The molecule has 0 radical (unpaired) electrons. The highest BCUT2D eigenvalue weighted by molar-refractivity contribution is 5.35. The molecule has 130 valence electrons. The number of hydrogen-bond donors (Lipinski definition) is 4. The van der Waals surface area contributed by atoms with Gasteiger partial charge in [0, 0.05) is 6.54 Å². The average Bonchev–Trinajstić information content (AvgIpc) is 2.66. The second kappa shape index (κ2) is 7.63. The summed E-state index contributed by atoms with van der Waals surface area (Å²) in [6.07, 6.45) is -1.12. The minimum atomic E-state index is -1.59. The summed E-state index contributed by atoms with van der Waals surface area (Å²) >= 11 is 0. The van der Waals surface area contributed by atoms with Crippen molar-refractivity contribution in [2.24, 2.45) is 11.5 Å². The van der Waals surface area contributed by atoms with E-state index in [4.69, 9.17) is 20.9 Å². The van der Waals surface area contributed by atoms with Crippen LogP contribution in [0.2, 0.25) is 0 Å². The molecule has 0 saturated heterocycles. The van der Waals surface area contributed by atoms with E-state index in [1.807, 2.05) is 0 Å². The first-order chi connectivity index (χ1) is 11.5. The Morgan fingerprint density at radius 1 is 1.04 bits per heavy atom. The van der Waals surface area contributed by atoms with Gasteiger partial charge in [0.25, 0.3) is 0 Å². The van der Waals surface area contributed by atoms with Crippen molar-refractivity contribution in [2.45, 2.75) is 17.7 Å². The Balaban J connectivity index is 2.32. The highest BCUT2D eigenvalue weighted by atomic mass is 16.5. The fourth-order valence-electron chi connectivity index (χ4n) is 2.62. The van der Waals surface area contributed by atoms with Crippen molar-refractivity contribution in [3.63, 3.8) is 0 Å². The minimum absolute atomic E-state index is 0.137. The average molecular weight is 332 g/mol. The third-order valence-electron chi connectivity index (χ3n) is 4.23. The van der Waals surface area contributed by atoms with E-state index in [0.29, 0.717) is 22.6 Å². The number of hydrogen-bond acceptors (Lipinski definition) is 6. The van der Waals surface area contributed by atoms with Gasteiger partial charge in [-0.3, -0.25) is 0 Å². The lowest BCUT2D eigenvalue weighted by molar-refractivity contribution is -0.0314. The van der Waals surface area contributed by atoms with E-state index in [-0.39, 0.29) is 6.54 Å². The molecular formula is C18H24N2O4. The summed E-state index contributed by atoms with van der Waals surface area (Å²) in [7, 11) is 3.10. The first kappa shape index (κ1) is 18.2. The van der Waals surface area contributed by atoms with Crippen molar-refractivity contribution in [1.82, 2.24) is 0 Å². The molecule has 0 aliphatic rings. The summed E-state index contributed by atoms with van der Waals surface area (Å²) < 4.78 is 10.3. The maximum Gasteiger partial charge on any atom is 0.120 e. The van der Waals surface area contributed by atoms with Crippen molar-refractivity contribution < 1.29 is 19.7 Å². The highest BCUT2D eigenvalue weighted by Gasteiger charge is 2.39. The largest absolute Gasteiger partial charge is 0.497 e. The van der Waals surface area contributed by atoms with Crippen molar-refractivity contribution in [2.75, 3.05) is 20.8 Å². The van der Waals surface area contributed by atoms with Crippen molar-refractivity contribution in [3.05, 3.63) is 59.7 Å². The van der Waals surface area contributed by atoms with Crippen LogP contribution in [0.15, 0.2) is 48.5 Å². The molecule has 2 rings (SSSR count). The first-order valence-electron chi connectivity index (χ1n) is 7.61. The van der Waals surface area contributed by atoms with Crippen molar-refractivity contribution in [1.29, 1.82) is 0 Å². The normalized spacial score (nSPS) is 16.1. The molecule has 0 aromatic heterocycles. The topological polar surface area (TPSA) is 111 Å². The number of benzene rings is 2. The molecule has 0 spiro atoms. The molecule has 2 unspecified atom stereocenters. The fourth-order valence-corrected chi connectivity index (χ4v) is 2.62. The van der Waals surface area contributed by atoms with Gasteiger partial charge in [0.05, 0.1) is 26.4 Å². The molecule has 2 aromatic rings. The lowest BCUT2D eigenvalue weighted by Gasteiger charge is -2.36. The quantitative estimate of drug-likeness (QED) is 0.600. The Hall–Kier alpha value is -2.12. The highest BCUT2D eigenvalue weighted by Crippen LogP contribution is 2.32. The number of methoxy groups -OCH3 is 2. The lowest BCUT2D eigenvalue weighted by Crippen LogP contribution is -2.53. The van der Waals surface area contributed by atoms with Crippen LogP contribution in [0.1, 0.15) is 17.2 Å². The SMILES string of the molecule is COc1ccc([C@](O)(CN)C(N)C(O)c2cccc(OC)c2)cc1. The summed E-state index contributed by atoms with van der Waals surface area (Å²) in [6, 6.07) is 12.7. The van der Waals surface area contributed by atoms with Gasteiger partial charge in [-0.05, 0) is 35.4 Å². The van der Waals surface area contributed by atoms with Gasteiger partial charge in [-0.1, -0.05) is 24.3 Å². The summed E-state index contributed by atoms with van der Waals surface area (Å²) in [5.41, 5.74) is 11.4. The van der Waals surface area contributed by atoms with Crippen LogP contribution < -0.4 is 20.9 Å². The van der Waals surface area contributed by atoms with Crippen LogP contribution in [0.4, 0.5) is 0 Å². The molecule has 6 nitrogen and oxygen atoms in total. The van der Waals surface area contributed by atoms with Crippen molar-refractivity contribution >= 4 is 0 Å². The summed E-state index contributed by atoms with van der Waals surface area (Å²) in [6.45, 7) is -0.137. The predicted octanol–water partition coefficient (Wildman–Crippen LogP) is 0.911. The Kier molecular flexibility index (Phi) is 5.80. The lowest BCUT2D eigenvalue weighted by atomic mass is 9.82. The molecule has 0 saturated carbocycles. The Morgan fingerprint density at radius 2 is 1.67 bits per heavy atom. The van der Waals surface area contributed by atoms with Gasteiger partial charge in [-0.25, -0.2) is 0 Å². The molecule has 3 atom stereocenters. The first-order valence-corrected chi connectivity index (χ1v) is 7.61. The Morgan fingerprint density at radius 3 is 2.21 bits per heavy atom. The number of ether oxygens (including phenoxy) is 2. The van der Waals surface area contributed by atoms with E-state index in [1.165, 1.54) is 0 Å². The van der Waals surface area contributed by atoms with Gasteiger partial charge in [-0.15, -0.1) is 0 Å². The zero-order chi connectivity index (χ0) is 17.7. The van der Waals surface area contributed by atoms with E-state index in [0.717, 1.165) is 0 Å². The van der Waals surface area contributed by atoms with Crippen LogP contribution in [0, 0.1) is 0 Å². The summed E-state index contributed by atoms with van der Waals surface area (Å²) in [5, 5.41) is 21.6. The number of rotatable bonds is 7. The van der Waals surface area contributed by atoms with Gasteiger partial charge in [0.1, 0.15) is 17.1 Å². The van der Waals surface area contributed by atoms with Gasteiger partial charge < -0.3 is 31.2 Å². The molecule has 24 heavy (non-hydrogen) atoms. The molecule has 6 N–H and O–H groups in total. The standard InChI is InChI=1S/C18H24N2O4/c1-23-14-8-6-13(7-9-14)18(22,11-19)17(20)16(21)12-4-3-5-15(10-12)24-2/h3-10,16-17,21-22H,11,19-20H2,1-2H3/t16?,17?,18-/m1/s1. The smallest absolute Gasteiger partial charge is 0.120 e. The zero-order valence-electron chi connectivity index (χ0n) is 13.8. The molecular weight excluding hydrogens is 308 g/mol. The molecule has 0 fully saturated rings. The number of nitrogens with two attached hydrogens (primary N) is 2. The van der Waals surface area contributed by atoms with E-state index in [1.54, 1.807) is 62.8 Å². The molecule has 2 aromatic carbocycles. The minimum Gasteiger partial charge on any atom is -0.497 e. The summed E-state index contributed by atoms with van der Waals surface area (Å²) in [4.78, 5) is 0. The van der Waals surface area contributed by atoms with Gasteiger partial charge >= 0.3 is 0 Å². The van der Waals surface area contributed by atoms with Crippen LogP contribution in [0.3, 0.4) is 0 Å². The van der Waals surface area contributed by atoms with Crippen LogP contribution in [0.5, 0.6) is 11.5 Å². The maximum atomic E-state index is 11.0. The van der Waals surface area contributed by atoms with Gasteiger partial charge in [-0.2, -0.15) is 0 Å². The molecule has 0 aliphatic heterocycles. The zero-order valence-corrected chi connectivity index (χ0v) is 13.8. The molecule has 0 aliphatic carbocycles. The monoisotopic (exact) mass is 332 g/mol. The Bertz CT molecular complexity index is 662. The number of aliphatic hydroxyl groups is 2. The van der Waals surface area contributed by atoms with E-state index >= 15 is 0 Å². The van der Waals surface area contributed by atoms with E-state index < -0.39 is 17.7 Å². The second-order valence-electron chi connectivity index (χ2n) is 5.60. The van der Waals surface area contributed by atoms with Gasteiger partial charge in [0.2, 0.25) is 0 Å². The molecule has 6 heteroatoms. The van der Waals surface area contributed by atoms with Gasteiger partial charge in [0.15, 0.2) is 0 Å². The van der Waals surface area contributed by atoms with E-state index in [2.05, 4.69) is 0 Å². The van der Waals surface area contributed by atoms with Crippen LogP contribution in [0.25, 0.3) is 0 Å². The van der Waals surface area contributed by atoms with Crippen molar-refractivity contribution in [3.8, 4) is 11.5 Å². The maximum absolute atomic E-state index is 11.0. The molecule has 0 bridgehead atoms. The molecule has 0 amide bonds. The second-order valence-corrected chi connectivity index (χ2v) is 5.60. The predicted molar refractivity (Wildman–Crippen MR) is 91.9 cm³/mol. The van der Waals surface area contributed by atoms with Crippen LogP contribution >= 0.6 is 0 Å².